The molecule has 0 N–H and O–H groups in total. The largest absolute Gasteiger partial charge is 0.264 e. The lowest BCUT2D eigenvalue weighted by atomic mass is 10.1. The van der Waals surface area contributed by atoms with E-state index in [1.54, 1.807) is 25.1 Å². The summed E-state index contributed by atoms with van der Waals surface area (Å²) in [6.45, 7) is 1.68. The molecule has 0 unspecified atom stereocenters. The van der Waals surface area contributed by atoms with Crippen molar-refractivity contribution in [1.29, 1.82) is 0 Å². The number of alkyl halides is 2. The van der Waals surface area contributed by atoms with Crippen molar-refractivity contribution in [1.82, 2.24) is 0 Å². The van der Waals surface area contributed by atoms with E-state index < -0.39 is 6.43 Å². The Morgan fingerprint density at radius 1 is 1.20 bits per heavy atom. The van der Waals surface area contributed by atoms with Crippen molar-refractivity contribution in [2.45, 2.75) is 13.3 Å². The average Bonchev–Trinajstić information content (AvgIpc) is 1.88. The van der Waals surface area contributed by atoms with Gasteiger partial charge in [-0.1, -0.05) is 24.3 Å². The van der Waals surface area contributed by atoms with Crippen LogP contribution >= 0.6 is 0 Å². The first-order chi connectivity index (χ1) is 4.72. The normalized spacial score (nSPS) is 10.4. The van der Waals surface area contributed by atoms with Crippen molar-refractivity contribution in [3.8, 4) is 0 Å². The number of aryl methyl sites for hydroxylation is 1. The van der Waals surface area contributed by atoms with E-state index in [9.17, 15) is 8.78 Å². The van der Waals surface area contributed by atoms with Gasteiger partial charge in [0.15, 0.2) is 0 Å². The van der Waals surface area contributed by atoms with Crippen molar-refractivity contribution in [3.05, 3.63) is 35.4 Å². The molecule has 1 aromatic rings. The molecule has 0 saturated heterocycles. The molecule has 0 aliphatic rings. The van der Waals surface area contributed by atoms with Gasteiger partial charge in [-0.3, -0.25) is 0 Å². The summed E-state index contributed by atoms with van der Waals surface area (Å²) in [5.74, 6) is 0. The molecule has 0 aliphatic carbocycles. The van der Waals surface area contributed by atoms with E-state index >= 15 is 0 Å². The Labute approximate surface area is 58.5 Å². The second-order valence-corrected chi connectivity index (χ2v) is 2.16. The molecule has 0 atom stereocenters. The highest BCUT2D eigenvalue weighted by Gasteiger charge is 2.07. The zero-order valence-corrected chi connectivity index (χ0v) is 5.64. The lowest BCUT2D eigenvalue weighted by Gasteiger charge is -2.01. The summed E-state index contributed by atoms with van der Waals surface area (Å²) < 4.78 is 24.1. The minimum Gasteiger partial charge on any atom is -0.205 e. The monoisotopic (exact) mass is 142 g/mol. The maximum absolute atomic E-state index is 12.0. The second-order valence-electron chi connectivity index (χ2n) is 2.16. The summed E-state index contributed by atoms with van der Waals surface area (Å²) >= 11 is 0. The average molecular weight is 142 g/mol. The van der Waals surface area contributed by atoms with Gasteiger partial charge in [-0.15, -0.1) is 0 Å². The highest BCUT2D eigenvalue weighted by atomic mass is 19.3. The molecule has 10 heavy (non-hydrogen) atoms. The van der Waals surface area contributed by atoms with Gasteiger partial charge in [0.2, 0.25) is 0 Å². The predicted octanol–water partition coefficient (Wildman–Crippen LogP) is 2.93. The molecule has 0 radical (unpaired) electrons. The second kappa shape index (κ2) is 2.78. The van der Waals surface area contributed by atoms with Crippen molar-refractivity contribution in [3.63, 3.8) is 0 Å². The molecule has 0 saturated carbocycles. The van der Waals surface area contributed by atoms with Gasteiger partial charge in [-0.25, -0.2) is 8.78 Å². The van der Waals surface area contributed by atoms with Crippen LogP contribution in [-0.2, 0) is 0 Å². The Balaban J connectivity index is 3.03. The molecular formula is C8H8F2. The van der Waals surface area contributed by atoms with Crippen LogP contribution in [0.1, 0.15) is 17.6 Å². The van der Waals surface area contributed by atoms with Crippen LogP contribution < -0.4 is 0 Å². The molecule has 1 rings (SSSR count). The minimum absolute atomic E-state index is 0.127. The first-order valence-corrected chi connectivity index (χ1v) is 3.05. The van der Waals surface area contributed by atoms with E-state index in [1.807, 2.05) is 0 Å². The van der Waals surface area contributed by atoms with Crippen LogP contribution in [0.5, 0.6) is 0 Å². The van der Waals surface area contributed by atoms with Gasteiger partial charge in [0.1, 0.15) is 0 Å². The third-order valence-electron chi connectivity index (χ3n) is 1.42. The molecular weight excluding hydrogens is 134 g/mol. The van der Waals surface area contributed by atoms with Crippen LogP contribution in [0.2, 0.25) is 0 Å². The molecule has 0 nitrogen and oxygen atoms in total. The topological polar surface area (TPSA) is 0 Å². The molecule has 0 bridgehead atoms. The van der Waals surface area contributed by atoms with Gasteiger partial charge in [-0.05, 0) is 12.5 Å². The fourth-order valence-electron chi connectivity index (χ4n) is 0.832. The van der Waals surface area contributed by atoms with Gasteiger partial charge in [-0.2, -0.15) is 0 Å². The van der Waals surface area contributed by atoms with Crippen LogP contribution in [0.25, 0.3) is 0 Å². The number of hydrogen-bond donors (Lipinski definition) is 0. The summed E-state index contributed by atoms with van der Waals surface area (Å²) in [4.78, 5) is 0. The maximum Gasteiger partial charge on any atom is 0.264 e. The zero-order chi connectivity index (χ0) is 7.56. The summed E-state index contributed by atoms with van der Waals surface area (Å²) in [6.07, 6.45) is -2.35. The summed E-state index contributed by atoms with van der Waals surface area (Å²) in [5, 5.41) is 0. The Morgan fingerprint density at radius 2 is 1.80 bits per heavy atom. The third kappa shape index (κ3) is 1.32. The maximum atomic E-state index is 12.0. The SMILES string of the molecule is Cc1ccccc1C(F)F. The number of benzene rings is 1. The fourth-order valence-corrected chi connectivity index (χ4v) is 0.832. The number of halogens is 2. The Morgan fingerprint density at radius 3 is 2.20 bits per heavy atom. The molecule has 0 heterocycles. The lowest BCUT2D eigenvalue weighted by molar-refractivity contribution is 0.150. The molecule has 1 aromatic carbocycles. The van der Waals surface area contributed by atoms with Gasteiger partial charge in [0.25, 0.3) is 6.43 Å². The van der Waals surface area contributed by atoms with Crippen LogP contribution in [0.4, 0.5) is 8.78 Å². The van der Waals surface area contributed by atoms with Gasteiger partial charge in [0.05, 0.1) is 0 Å². The predicted molar refractivity (Wildman–Crippen MR) is 36.1 cm³/mol. The standard InChI is InChI=1S/C8H8F2/c1-6-4-2-3-5-7(6)8(9)10/h2-5,8H,1H3. The quantitative estimate of drug-likeness (QED) is 0.565. The minimum atomic E-state index is -2.35. The Hall–Kier alpha value is -0.920. The fraction of sp³-hybridized carbons (Fsp3) is 0.250. The van der Waals surface area contributed by atoms with Crippen LogP contribution in [0.15, 0.2) is 24.3 Å². The molecule has 0 aromatic heterocycles. The van der Waals surface area contributed by atoms with E-state index in [0.717, 1.165) is 0 Å². The van der Waals surface area contributed by atoms with E-state index in [0.29, 0.717) is 5.56 Å². The summed E-state index contributed by atoms with van der Waals surface area (Å²) in [6, 6.07) is 6.50. The number of hydrogen-bond acceptors (Lipinski definition) is 0. The van der Waals surface area contributed by atoms with E-state index in [4.69, 9.17) is 0 Å². The van der Waals surface area contributed by atoms with E-state index in [-0.39, 0.29) is 5.56 Å². The van der Waals surface area contributed by atoms with E-state index in [1.165, 1.54) is 6.07 Å². The zero-order valence-electron chi connectivity index (χ0n) is 5.64. The first-order valence-electron chi connectivity index (χ1n) is 3.05. The highest BCUT2D eigenvalue weighted by molar-refractivity contribution is 5.26. The Kier molecular flexibility index (Phi) is 2.00. The van der Waals surface area contributed by atoms with Crippen molar-refractivity contribution in [2.24, 2.45) is 0 Å². The van der Waals surface area contributed by atoms with Gasteiger partial charge >= 0.3 is 0 Å². The van der Waals surface area contributed by atoms with Gasteiger partial charge in [0, 0.05) is 5.56 Å². The summed E-state index contributed by atoms with van der Waals surface area (Å²) in [5.41, 5.74) is 0.778. The molecule has 54 valence electrons. The van der Waals surface area contributed by atoms with E-state index in [2.05, 4.69) is 0 Å². The van der Waals surface area contributed by atoms with Crippen LogP contribution in [0, 0.1) is 6.92 Å². The molecule has 0 fully saturated rings. The first kappa shape index (κ1) is 7.19. The summed E-state index contributed by atoms with van der Waals surface area (Å²) in [7, 11) is 0. The molecule has 0 amide bonds. The smallest absolute Gasteiger partial charge is 0.205 e. The molecule has 0 aliphatic heterocycles. The Bertz CT molecular complexity index is 218. The molecule has 0 spiro atoms. The lowest BCUT2D eigenvalue weighted by Crippen LogP contribution is -1.86. The van der Waals surface area contributed by atoms with Crippen molar-refractivity contribution >= 4 is 0 Å². The third-order valence-corrected chi connectivity index (χ3v) is 1.42. The van der Waals surface area contributed by atoms with Crippen LogP contribution in [-0.4, -0.2) is 0 Å². The molecule has 2 heteroatoms. The van der Waals surface area contributed by atoms with Gasteiger partial charge < -0.3 is 0 Å². The van der Waals surface area contributed by atoms with Crippen LogP contribution in [0.3, 0.4) is 0 Å². The highest BCUT2D eigenvalue weighted by Crippen LogP contribution is 2.21. The number of rotatable bonds is 1. The van der Waals surface area contributed by atoms with Crippen molar-refractivity contribution in [2.75, 3.05) is 0 Å². The van der Waals surface area contributed by atoms with Crippen molar-refractivity contribution < 1.29 is 8.78 Å².